The highest BCUT2D eigenvalue weighted by atomic mass is 19.1. The third-order valence-electron chi connectivity index (χ3n) is 3.83. The number of rotatable bonds is 3. The lowest BCUT2D eigenvalue weighted by Crippen LogP contribution is -2.52. The number of piperidine rings is 1. The first-order chi connectivity index (χ1) is 9.49. The Morgan fingerprint density at radius 3 is 2.90 bits per heavy atom. The summed E-state index contributed by atoms with van der Waals surface area (Å²) in [6.07, 6.45) is 2.73. The number of hydrogen-bond acceptors (Lipinski definition) is 2. The SMILES string of the molecule is C[C@@H](N)[C@@H]1CCCCN1C(=O)Cc1cc(F)ccc1F. The Kier molecular flexibility index (Phi) is 4.70. The van der Waals surface area contributed by atoms with Gasteiger partial charge in [-0.15, -0.1) is 0 Å². The quantitative estimate of drug-likeness (QED) is 0.924. The lowest BCUT2D eigenvalue weighted by atomic mass is 9.96. The van der Waals surface area contributed by atoms with Crippen LogP contribution in [0.1, 0.15) is 31.7 Å². The van der Waals surface area contributed by atoms with Gasteiger partial charge >= 0.3 is 0 Å². The molecule has 0 aliphatic carbocycles. The van der Waals surface area contributed by atoms with Crippen LogP contribution in [0.25, 0.3) is 0 Å². The molecule has 2 N–H and O–H groups in total. The number of nitrogens with zero attached hydrogens (tertiary/aromatic N) is 1. The molecule has 3 nitrogen and oxygen atoms in total. The van der Waals surface area contributed by atoms with Crippen molar-refractivity contribution in [3.05, 3.63) is 35.4 Å². The standard InChI is InChI=1S/C15H20F2N2O/c1-10(18)14-4-2-3-7-19(14)15(20)9-11-8-12(16)5-6-13(11)17/h5-6,8,10,14H,2-4,7,9,18H2,1H3/t10-,14+/m1/s1. The van der Waals surface area contributed by atoms with Crippen LogP contribution in [0.2, 0.25) is 0 Å². The van der Waals surface area contributed by atoms with Crippen LogP contribution in [0.5, 0.6) is 0 Å². The molecule has 0 unspecified atom stereocenters. The molecule has 1 saturated heterocycles. The molecule has 0 bridgehead atoms. The Bertz CT molecular complexity index is 491. The van der Waals surface area contributed by atoms with Gasteiger partial charge < -0.3 is 10.6 Å². The fourth-order valence-corrected chi connectivity index (χ4v) is 2.76. The molecule has 1 heterocycles. The molecule has 0 aromatic heterocycles. The van der Waals surface area contributed by atoms with E-state index in [2.05, 4.69) is 0 Å². The summed E-state index contributed by atoms with van der Waals surface area (Å²) in [4.78, 5) is 14.0. The van der Waals surface area contributed by atoms with Crippen molar-refractivity contribution < 1.29 is 13.6 Å². The van der Waals surface area contributed by atoms with Gasteiger partial charge in [0.2, 0.25) is 5.91 Å². The minimum atomic E-state index is -0.547. The molecule has 1 amide bonds. The number of halogens is 2. The molecular formula is C15H20F2N2O. The largest absolute Gasteiger partial charge is 0.338 e. The summed E-state index contributed by atoms with van der Waals surface area (Å²) < 4.78 is 26.7. The number of nitrogens with two attached hydrogens (primary N) is 1. The Balaban J connectivity index is 2.12. The highest BCUT2D eigenvalue weighted by Gasteiger charge is 2.29. The van der Waals surface area contributed by atoms with E-state index in [1.165, 1.54) is 0 Å². The molecule has 0 spiro atoms. The van der Waals surface area contributed by atoms with E-state index in [1.54, 1.807) is 4.90 Å². The van der Waals surface area contributed by atoms with Crippen molar-refractivity contribution >= 4 is 5.91 Å². The highest BCUT2D eigenvalue weighted by molar-refractivity contribution is 5.79. The van der Waals surface area contributed by atoms with Crippen LogP contribution < -0.4 is 5.73 Å². The smallest absolute Gasteiger partial charge is 0.227 e. The van der Waals surface area contributed by atoms with E-state index in [-0.39, 0.29) is 30.0 Å². The molecule has 1 aromatic rings. The van der Waals surface area contributed by atoms with Gasteiger partial charge in [-0.1, -0.05) is 0 Å². The van der Waals surface area contributed by atoms with Gasteiger partial charge in [-0.25, -0.2) is 8.78 Å². The van der Waals surface area contributed by atoms with Gasteiger partial charge in [0.1, 0.15) is 11.6 Å². The van der Waals surface area contributed by atoms with Gasteiger partial charge in [-0.2, -0.15) is 0 Å². The molecule has 1 aliphatic heterocycles. The molecule has 2 atom stereocenters. The summed E-state index contributed by atoms with van der Waals surface area (Å²) in [6, 6.07) is 3.06. The zero-order chi connectivity index (χ0) is 14.7. The third kappa shape index (κ3) is 3.33. The van der Waals surface area contributed by atoms with Crippen LogP contribution >= 0.6 is 0 Å². The van der Waals surface area contributed by atoms with Crippen LogP contribution in [-0.4, -0.2) is 29.4 Å². The van der Waals surface area contributed by atoms with E-state index in [9.17, 15) is 13.6 Å². The lowest BCUT2D eigenvalue weighted by Gasteiger charge is -2.38. The minimum Gasteiger partial charge on any atom is -0.338 e. The van der Waals surface area contributed by atoms with Gasteiger partial charge in [-0.3, -0.25) is 4.79 Å². The van der Waals surface area contributed by atoms with Gasteiger partial charge in [-0.05, 0) is 44.4 Å². The van der Waals surface area contributed by atoms with E-state index < -0.39 is 11.6 Å². The van der Waals surface area contributed by atoms with E-state index >= 15 is 0 Å². The maximum absolute atomic E-state index is 13.6. The normalized spacial score (nSPS) is 20.8. The van der Waals surface area contributed by atoms with Crippen molar-refractivity contribution in [3.63, 3.8) is 0 Å². The number of carbonyl (C=O) groups is 1. The third-order valence-corrected chi connectivity index (χ3v) is 3.83. The summed E-state index contributed by atoms with van der Waals surface area (Å²) in [5.41, 5.74) is 6.02. The number of carbonyl (C=O) groups excluding carboxylic acids is 1. The molecule has 110 valence electrons. The molecule has 0 saturated carbocycles. The maximum atomic E-state index is 13.6. The fraction of sp³-hybridized carbons (Fsp3) is 0.533. The molecule has 20 heavy (non-hydrogen) atoms. The maximum Gasteiger partial charge on any atom is 0.227 e. The van der Waals surface area contributed by atoms with Crippen LogP contribution in [0, 0.1) is 11.6 Å². The zero-order valence-electron chi connectivity index (χ0n) is 11.6. The molecular weight excluding hydrogens is 262 g/mol. The summed E-state index contributed by atoms with van der Waals surface area (Å²) in [6.45, 7) is 2.51. The minimum absolute atomic E-state index is 0.00660. The molecule has 1 aliphatic rings. The second kappa shape index (κ2) is 6.31. The monoisotopic (exact) mass is 282 g/mol. The van der Waals surface area contributed by atoms with Crippen LogP contribution in [-0.2, 0) is 11.2 Å². The van der Waals surface area contributed by atoms with E-state index in [0.29, 0.717) is 6.54 Å². The van der Waals surface area contributed by atoms with E-state index in [4.69, 9.17) is 5.73 Å². The summed E-state index contributed by atoms with van der Waals surface area (Å²) in [7, 11) is 0. The molecule has 1 aromatic carbocycles. The first-order valence-electron chi connectivity index (χ1n) is 6.98. The Morgan fingerprint density at radius 2 is 2.20 bits per heavy atom. The fourth-order valence-electron chi connectivity index (χ4n) is 2.76. The Morgan fingerprint density at radius 1 is 1.45 bits per heavy atom. The average molecular weight is 282 g/mol. The van der Waals surface area contributed by atoms with Gasteiger partial charge in [0, 0.05) is 24.2 Å². The van der Waals surface area contributed by atoms with Gasteiger partial charge in [0.05, 0.1) is 6.42 Å². The predicted molar refractivity (Wildman–Crippen MR) is 73.1 cm³/mol. The zero-order valence-corrected chi connectivity index (χ0v) is 11.6. The Hall–Kier alpha value is -1.49. The molecule has 1 fully saturated rings. The van der Waals surface area contributed by atoms with Crippen LogP contribution in [0.3, 0.4) is 0 Å². The summed E-state index contributed by atoms with van der Waals surface area (Å²) in [5.74, 6) is -1.26. The molecule has 5 heteroatoms. The van der Waals surface area contributed by atoms with Gasteiger partial charge in [0.25, 0.3) is 0 Å². The predicted octanol–water partition coefficient (Wildman–Crippen LogP) is 2.24. The first kappa shape index (κ1) is 14.9. The number of amides is 1. The van der Waals surface area contributed by atoms with Gasteiger partial charge in [0.15, 0.2) is 0 Å². The topological polar surface area (TPSA) is 46.3 Å². The Labute approximate surface area is 117 Å². The van der Waals surface area contributed by atoms with Crippen molar-refractivity contribution in [3.8, 4) is 0 Å². The van der Waals surface area contributed by atoms with Crippen molar-refractivity contribution in [2.75, 3.05) is 6.54 Å². The number of likely N-dealkylation sites (tertiary alicyclic amines) is 1. The van der Waals surface area contributed by atoms with E-state index in [1.807, 2.05) is 6.92 Å². The molecule has 0 radical (unpaired) electrons. The van der Waals surface area contributed by atoms with Crippen molar-refractivity contribution in [2.45, 2.75) is 44.7 Å². The van der Waals surface area contributed by atoms with Crippen LogP contribution in [0.15, 0.2) is 18.2 Å². The van der Waals surface area contributed by atoms with E-state index in [0.717, 1.165) is 37.5 Å². The lowest BCUT2D eigenvalue weighted by molar-refractivity contribution is -0.134. The van der Waals surface area contributed by atoms with Crippen molar-refractivity contribution in [1.82, 2.24) is 4.90 Å². The second-order valence-corrected chi connectivity index (χ2v) is 5.42. The second-order valence-electron chi connectivity index (χ2n) is 5.42. The molecule has 2 rings (SSSR count). The average Bonchev–Trinajstić information content (AvgIpc) is 2.42. The number of hydrogen-bond donors (Lipinski definition) is 1. The van der Waals surface area contributed by atoms with Crippen LogP contribution in [0.4, 0.5) is 8.78 Å². The summed E-state index contributed by atoms with van der Waals surface area (Å²) >= 11 is 0. The number of benzene rings is 1. The highest BCUT2D eigenvalue weighted by Crippen LogP contribution is 2.21. The first-order valence-corrected chi connectivity index (χ1v) is 6.98. The van der Waals surface area contributed by atoms with Crippen molar-refractivity contribution in [2.24, 2.45) is 5.73 Å². The summed E-state index contributed by atoms with van der Waals surface area (Å²) in [5, 5.41) is 0. The van der Waals surface area contributed by atoms with Crippen molar-refractivity contribution in [1.29, 1.82) is 0 Å².